The zero-order chi connectivity index (χ0) is 18.9. The molecule has 6 heteroatoms. The first-order valence-electron chi connectivity index (χ1n) is 10.0. The summed E-state index contributed by atoms with van der Waals surface area (Å²) >= 11 is 0. The first-order chi connectivity index (χ1) is 13.1. The van der Waals surface area contributed by atoms with Gasteiger partial charge in [0, 0.05) is 31.5 Å². The summed E-state index contributed by atoms with van der Waals surface area (Å²) in [5.74, 6) is 1.17. The van der Waals surface area contributed by atoms with E-state index in [4.69, 9.17) is 4.42 Å². The highest BCUT2D eigenvalue weighted by molar-refractivity contribution is 5.80. The number of nitrogens with zero attached hydrogens (tertiary/aromatic N) is 2. The van der Waals surface area contributed by atoms with Crippen molar-refractivity contribution in [2.75, 3.05) is 13.1 Å². The molecule has 4 rings (SSSR count). The smallest absolute Gasteiger partial charge is 0.222 e. The van der Waals surface area contributed by atoms with E-state index in [-0.39, 0.29) is 23.3 Å². The Hall–Kier alpha value is -2.37. The lowest BCUT2D eigenvalue weighted by atomic mass is 9.88. The predicted octanol–water partition coefficient (Wildman–Crippen LogP) is 3.37. The Labute approximate surface area is 159 Å². The average molecular weight is 369 g/mol. The van der Waals surface area contributed by atoms with Crippen LogP contribution in [0.1, 0.15) is 63.7 Å². The molecule has 0 radical (unpaired) electrons. The van der Waals surface area contributed by atoms with E-state index in [0.717, 1.165) is 55.6 Å². The van der Waals surface area contributed by atoms with Crippen LogP contribution in [0.5, 0.6) is 0 Å². The van der Waals surface area contributed by atoms with Gasteiger partial charge in [0.1, 0.15) is 5.52 Å². The van der Waals surface area contributed by atoms with Gasteiger partial charge in [-0.2, -0.15) is 0 Å². The Bertz CT molecular complexity index is 813. The molecule has 2 atom stereocenters. The van der Waals surface area contributed by atoms with Gasteiger partial charge in [-0.1, -0.05) is 19.1 Å². The highest BCUT2D eigenvalue weighted by Crippen LogP contribution is 2.31. The molecule has 1 aromatic heterocycles. The number of benzene rings is 1. The van der Waals surface area contributed by atoms with Crippen LogP contribution in [0.3, 0.4) is 0 Å². The first kappa shape index (κ1) is 18.0. The Kier molecular flexibility index (Phi) is 4.89. The lowest BCUT2D eigenvalue weighted by Gasteiger charge is -2.33. The molecule has 2 aromatic rings. The maximum Gasteiger partial charge on any atom is 0.222 e. The lowest BCUT2D eigenvalue weighted by molar-refractivity contribution is -0.133. The van der Waals surface area contributed by atoms with Gasteiger partial charge in [0.15, 0.2) is 11.5 Å². The second-order valence-corrected chi connectivity index (χ2v) is 7.88. The van der Waals surface area contributed by atoms with E-state index in [1.54, 1.807) is 0 Å². The number of carbonyl (C=O) groups is 2. The van der Waals surface area contributed by atoms with E-state index in [1.165, 1.54) is 0 Å². The molecule has 2 aliphatic heterocycles. The van der Waals surface area contributed by atoms with E-state index < -0.39 is 0 Å². The van der Waals surface area contributed by atoms with Crippen LogP contribution in [-0.4, -0.2) is 40.3 Å². The van der Waals surface area contributed by atoms with Crippen LogP contribution in [0.25, 0.3) is 11.1 Å². The van der Waals surface area contributed by atoms with Gasteiger partial charge in [-0.15, -0.1) is 0 Å². The third-order valence-electron chi connectivity index (χ3n) is 6.16. The van der Waals surface area contributed by atoms with Gasteiger partial charge in [0.25, 0.3) is 0 Å². The minimum atomic E-state index is -0.192. The molecule has 27 heavy (non-hydrogen) atoms. The molecule has 1 aromatic carbocycles. The van der Waals surface area contributed by atoms with E-state index in [2.05, 4.69) is 17.2 Å². The van der Waals surface area contributed by atoms with Crippen molar-refractivity contribution in [3.63, 3.8) is 0 Å². The van der Waals surface area contributed by atoms with E-state index in [1.807, 2.05) is 29.2 Å². The maximum absolute atomic E-state index is 12.8. The fraction of sp³-hybridized carbons (Fsp3) is 0.571. The number of hydrogen-bond donors (Lipinski definition) is 1. The summed E-state index contributed by atoms with van der Waals surface area (Å²) in [5.41, 5.74) is 1.48. The fourth-order valence-corrected chi connectivity index (χ4v) is 4.38. The quantitative estimate of drug-likeness (QED) is 0.877. The van der Waals surface area contributed by atoms with Gasteiger partial charge in [-0.3, -0.25) is 9.59 Å². The second kappa shape index (κ2) is 7.33. The van der Waals surface area contributed by atoms with Crippen LogP contribution in [0.15, 0.2) is 28.7 Å². The van der Waals surface area contributed by atoms with Crippen LogP contribution < -0.4 is 5.32 Å². The SMILES string of the molecule is CC[C@@]1(CCC(=O)N2CCC[C@@H](c3nc4ccccc4o3)C2)CCC(=O)N1. The normalized spacial score (nSPS) is 25.7. The van der Waals surface area contributed by atoms with Crippen LogP contribution in [0.2, 0.25) is 0 Å². The number of hydrogen-bond acceptors (Lipinski definition) is 4. The highest BCUT2D eigenvalue weighted by atomic mass is 16.3. The standard InChI is InChI=1S/C21H27N3O3/c1-2-21(11-9-18(25)23-21)12-10-19(26)24-13-5-6-15(14-24)20-22-16-7-3-4-8-17(16)27-20/h3-4,7-8,15H,2,5-6,9-14H2,1H3,(H,23,25)/t15-,21+/m1/s1. The number of fused-ring (bicyclic) bond motifs is 1. The molecule has 0 unspecified atom stereocenters. The number of aromatic nitrogens is 1. The van der Waals surface area contributed by atoms with Crippen molar-refractivity contribution in [1.29, 1.82) is 0 Å². The highest BCUT2D eigenvalue weighted by Gasteiger charge is 2.37. The number of piperidine rings is 1. The number of likely N-dealkylation sites (tertiary alicyclic amines) is 1. The molecule has 1 N–H and O–H groups in total. The van der Waals surface area contributed by atoms with E-state index in [9.17, 15) is 9.59 Å². The van der Waals surface area contributed by atoms with Gasteiger partial charge in [0.2, 0.25) is 11.8 Å². The van der Waals surface area contributed by atoms with Crippen molar-refractivity contribution in [3.05, 3.63) is 30.2 Å². The molecule has 3 heterocycles. The van der Waals surface area contributed by atoms with E-state index in [0.29, 0.717) is 19.4 Å². The first-order valence-corrected chi connectivity index (χ1v) is 10.0. The van der Waals surface area contributed by atoms with Crippen LogP contribution in [0, 0.1) is 0 Å². The van der Waals surface area contributed by atoms with Crippen molar-refractivity contribution in [3.8, 4) is 0 Å². The molecule has 6 nitrogen and oxygen atoms in total. The number of carbonyl (C=O) groups excluding carboxylic acids is 2. The molecule has 2 fully saturated rings. The topological polar surface area (TPSA) is 75.4 Å². The van der Waals surface area contributed by atoms with Gasteiger partial charge < -0.3 is 14.6 Å². The van der Waals surface area contributed by atoms with Crippen molar-refractivity contribution >= 4 is 22.9 Å². The number of para-hydroxylation sites is 2. The molecular formula is C21H27N3O3. The molecule has 0 bridgehead atoms. The van der Waals surface area contributed by atoms with Crippen LogP contribution in [-0.2, 0) is 9.59 Å². The van der Waals surface area contributed by atoms with Crippen molar-refractivity contribution in [1.82, 2.24) is 15.2 Å². The molecule has 144 valence electrons. The fourth-order valence-electron chi connectivity index (χ4n) is 4.38. The Morgan fingerprint density at radius 3 is 3.00 bits per heavy atom. The monoisotopic (exact) mass is 369 g/mol. The zero-order valence-corrected chi connectivity index (χ0v) is 15.9. The predicted molar refractivity (Wildman–Crippen MR) is 102 cm³/mol. The van der Waals surface area contributed by atoms with Gasteiger partial charge in [-0.25, -0.2) is 4.98 Å². The maximum atomic E-state index is 12.8. The van der Waals surface area contributed by atoms with E-state index >= 15 is 0 Å². The second-order valence-electron chi connectivity index (χ2n) is 7.88. The largest absolute Gasteiger partial charge is 0.440 e. The molecule has 2 aliphatic rings. The summed E-state index contributed by atoms with van der Waals surface area (Å²) in [4.78, 5) is 31.0. The zero-order valence-electron chi connectivity index (χ0n) is 15.9. The summed E-state index contributed by atoms with van der Waals surface area (Å²) in [6, 6.07) is 7.78. The van der Waals surface area contributed by atoms with Crippen molar-refractivity contribution in [2.24, 2.45) is 0 Å². The number of nitrogens with one attached hydrogen (secondary N) is 1. The molecular weight excluding hydrogens is 342 g/mol. The minimum absolute atomic E-state index is 0.110. The Balaban J connectivity index is 1.39. The lowest BCUT2D eigenvalue weighted by Crippen LogP contribution is -2.44. The Morgan fingerprint density at radius 1 is 1.41 bits per heavy atom. The third-order valence-corrected chi connectivity index (χ3v) is 6.16. The van der Waals surface area contributed by atoms with Crippen LogP contribution >= 0.6 is 0 Å². The van der Waals surface area contributed by atoms with Gasteiger partial charge in [0.05, 0.1) is 5.92 Å². The summed E-state index contributed by atoms with van der Waals surface area (Å²) in [6.45, 7) is 3.54. The molecule has 0 saturated carbocycles. The third kappa shape index (κ3) is 3.70. The molecule has 2 saturated heterocycles. The summed E-state index contributed by atoms with van der Waals surface area (Å²) in [7, 11) is 0. The number of oxazole rings is 1. The van der Waals surface area contributed by atoms with Crippen LogP contribution in [0.4, 0.5) is 0 Å². The number of rotatable bonds is 5. The Morgan fingerprint density at radius 2 is 2.26 bits per heavy atom. The average Bonchev–Trinajstić information content (AvgIpc) is 3.30. The summed E-state index contributed by atoms with van der Waals surface area (Å²) in [5, 5.41) is 3.09. The van der Waals surface area contributed by atoms with Gasteiger partial charge >= 0.3 is 0 Å². The summed E-state index contributed by atoms with van der Waals surface area (Å²) in [6.07, 6.45) is 5.44. The van der Waals surface area contributed by atoms with Crippen molar-refractivity contribution < 1.29 is 14.0 Å². The molecule has 2 amide bonds. The number of amides is 2. The minimum Gasteiger partial charge on any atom is -0.440 e. The molecule has 0 aliphatic carbocycles. The van der Waals surface area contributed by atoms with Gasteiger partial charge in [-0.05, 0) is 44.2 Å². The summed E-state index contributed by atoms with van der Waals surface area (Å²) < 4.78 is 5.93. The molecule has 0 spiro atoms. The van der Waals surface area contributed by atoms with Crippen molar-refractivity contribution in [2.45, 2.75) is 63.3 Å².